The van der Waals surface area contributed by atoms with Crippen LogP contribution in [-0.4, -0.2) is 9.97 Å². The Morgan fingerprint density at radius 3 is 2.53 bits per heavy atom. The quantitative estimate of drug-likeness (QED) is 0.841. The van der Waals surface area contributed by atoms with Gasteiger partial charge in [-0.2, -0.15) is 4.98 Å². The molecule has 0 unspecified atom stereocenters. The van der Waals surface area contributed by atoms with Gasteiger partial charge >= 0.3 is 0 Å². The first-order valence-corrected chi connectivity index (χ1v) is 4.85. The minimum atomic E-state index is -1.02. The van der Waals surface area contributed by atoms with E-state index in [9.17, 15) is 8.78 Å². The molecule has 0 aliphatic rings. The number of hydrogen-bond donors (Lipinski definition) is 1. The molecular weight excluding hydrogens is 252 g/mol. The minimum Gasteiger partial charge on any atom is -0.439 e. The lowest BCUT2D eigenvalue weighted by molar-refractivity contribution is 0.447. The molecule has 1 heterocycles. The molecule has 7 heteroatoms. The van der Waals surface area contributed by atoms with Gasteiger partial charge in [0.25, 0.3) is 0 Å². The molecule has 0 aliphatic carbocycles. The second kappa shape index (κ2) is 4.50. The number of anilines is 1. The van der Waals surface area contributed by atoms with Crippen molar-refractivity contribution in [3.8, 4) is 11.6 Å². The van der Waals surface area contributed by atoms with E-state index >= 15 is 0 Å². The van der Waals surface area contributed by atoms with Crippen LogP contribution in [0.4, 0.5) is 14.7 Å². The maximum Gasteiger partial charge on any atom is 0.225 e. The first kappa shape index (κ1) is 11.5. The van der Waals surface area contributed by atoms with Gasteiger partial charge in [-0.15, -0.1) is 0 Å². The van der Waals surface area contributed by atoms with Crippen LogP contribution in [0.25, 0.3) is 0 Å². The maximum absolute atomic E-state index is 12.9. The molecule has 17 heavy (non-hydrogen) atoms. The second-order valence-electron chi connectivity index (χ2n) is 3.07. The van der Waals surface area contributed by atoms with Crippen molar-refractivity contribution in [3.05, 3.63) is 41.1 Å². The molecule has 0 fully saturated rings. The molecule has 0 amide bonds. The van der Waals surface area contributed by atoms with Gasteiger partial charge in [0.1, 0.15) is 10.9 Å². The van der Waals surface area contributed by atoms with E-state index in [-0.39, 0.29) is 22.7 Å². The summed E-state index contributed by atoms with van der Waals surface area (Å²) < 4.78 is 30.7. The number of ether oxygens (including phenoxy) is 1. The summed E-state index contributed by atoms with van der Waals surface area (Å²) in [6.45, 7) is 0. The Labute approximate surface area is 100 Å². The van der Waals surface area contributed by atoms with Gasteiger partial charge in [0.2, 0.25) is 11.8 Å². The van der Waals surface area contributed by atoms with Crippen molar-refractivity contribution in [3.63, 3.8) is 0 Å². The Kier molecular flexibility index (Phi) is 3.06. The minimum absolute atomic E-state index is 0.0495. The highest BCUT2D eigenvalue weighted by Gasteiger charge is 2.06. The number of halogens is 3. The van der Waals surface area contributed by atoms with Gasteiger partial charge in [-0.1, -0.05) is 11.6 Å². The molecule has 0 spiro atoms. The van der Waals surface area contributed by atoms with Gasteiger partial charge in [0, 0.05) is 12.1 Å². The molecule has 0 bridgehead atoms. The van der Waals surface area contributed by atoms with Crippen molar-refractivity contribution in [2.45, 2.75) is 0 Å². The molecule has 2 rings (SSSR count). The number of rotatable bonds is 2. The lowest BCUT2D eigenvalue weighted by Gasteiger charge is -2.05. The summed E-state index contributed by atoms with van der Waals surface area (Å²) in [6, 6.07) is 4.39. The van der Waals surface area contributed by atoms with E-state index < -0.39 is 11.6 Å². The van der Waals surface area contributed by atoms with Crippen molar-refractivity contribution in [2.75, 3.05) is 5.73 Å². The molecule has 0 radical (unpaired) electrons. The molecule has 0 atom stereocenters. The summed E-state index contributed by atoms with van der Waals surface area (Å²) in [5.74, 6) is -1.92. The Bertz CT molecular complexity index is 545. The van der Waals surface area contributed by atoms with Crippen LogP contribution in [-0.2, 0) is 0 Å². The zero-order valence-electron chi connectivity index (χ0n) is 8.32. The lowest BCUT2D eigenvalue weighted by atomic mass is 10.3. The fourth-order valence-electron chi connectivity index (χ4n) is 1.13. The Hall–Kier alpha value is -1.95. The van der Waals surface area contributed by atoms with Gasteiger partial charge in [-0.3, -0.25) is 0 Å². The van der Waals surface area contributed by atoms with Gasteiger partial charge in [-0.25, -0.2) is 13.8 Å². The zero-order valence-corrected chi connectivity index (χ0v) is 9.08. The third-order valence-corrected chi connectivity index (χ3v) is 2.00. The number of nitrogens with zero attached hydrogens (tertiary/aromatic N) is 2. The van der Waals surface area contributed by atoms with Crippen LogP contribution < -0.4 is 10.5 Å². The SMILES string of the molecule is Nc1nc(Cl)cc(Oc2ccc(F)c(F)c2)n1. The van der Waals surface area contributed by atoms with Crippen LogP contribution in [0.1, 0.15) is 0 Å². The first-order valence-electron chi connectivity index (χ1n) is 4.47. The van der Waals surface area contributed by atoms with E-state index in [4.69, 9.17) is 22.1 Å². The summed E-state index contributed by atoms with van der Waals surface area (Å²) in [5.41, 5.74) is 5.35. The molecular formula is C10H6ClF2N3O. The maximum atomic E-state index is 12.9. The summed E-state index contributed by atoms with van der Waals surface area (Å²) in [5, 5.41) is 0.0927. The smallest absolute Gasteiger partial charge is 0.225 e. The highest BCUT2D eigenvalue weighted by atomic mass is 35.5. The van der Waals surface area contributed by atoms with Crippen molar-refractivity contribution in [1.29, 1.82) is 0 Å². The summed E-state index contributed by atoms with van der Waals surface area (Å²) in [4.78, 5) is 7.35. The Balaban J connectivity index is 2.28. The fraction of sp³-hybridized carbons (Fsp3) is 0. The van der Waals surface area contributed by atoms with Gasteiger partial charge in [0.05, 0.1) is 0 Å². The van der Waals surface area contributed by atoms with Crippen molar-refractivity contribution in [2.24, 2.45) is 0 Å². The largest absolute Gasteiger partial charge is 0.439 e. The highest BCUT2D eigenvalue weighted by Crippen LogP contribution is 2.23. The van der Waals surface area contributed by atoms with Crippen LogP contribution in [0.2, 0.25) is 5.15 Å². The third kappa shape index (κ3) is 2.79. The van der Waals surface area contributed by atoms with Crippen molar-refractivity contribution >= 4 is 17.5 Å². The molecule has 0 saturated heterocycles. The molecule has 1 aromatic carbocycles. The molecule has 2 aromatic rings. The van der Waals surface area contributed by atoms with Crippen molar-refractivity contribution < 1.29 is 13.5 Å². The molecule has 0 aliphatic heterocycles. The van der Waals surface area contributed by atoms with E-state index in [2.05, 4.69) is 9.97 Å². The number of hydrogen-bond acceptors (Lipinski definition) is 4. The number of nitrogens with two attached hydrogens (primary N) is 1. The number of nitrogen functional groups attached to an aromatic ring is 1. The van der Waals surface area contributed by atoms with Crippen LogP contribution in [0.15, 0.2) is 24.3 Å². The predicted molar refractivity (Wildman–Crippen MR) is 57.9 cm³/mol. The van der Waals surface area contributed by atoms with Crippen LogP contribution in [0.3, 0.4) is 0 Å². The first-order chi connectivity index (χ1) is 8.04. The summed E-state index contributed by atoms with van der Waals surface area (Å²) >= 11 is 5.63. The van der Waals surface area contributed by atoms with Crippen LogP contribution in [0.5, 0.6) is 11.6 Å². The molecule has 0 saturated carbocycles. The van der Waals surface area contributed by atoms with Crippen molar-refractivity contribution in [1.82, 2.24) is 9.97 Å². The Morgan fingerprint density at radius 1 is 1.12 bits per heavy atom. The topological polar surface area (TPSA) is 61.0 Å². The normalized spacial score (nSPS) is 10.3. The Morgan fingerprint density at radius 2 is 1.88 bits per heavy atom. The summed E-state index contributed by atoms with van der Waals surface area (Å²) in [6.07, 6.45) is 0. The standard InChI is InChI=1S/C10H6ClF2N3O/c11-8-4-9(16-10(14)15-8)17-5-1-2-6(12)7(13)3-5/h1-4H,(H2,14,15,16). The second-order valence-corrected chi connectivity index (χ2v) is 3.45. The van der Waals surface area contributed by atoms with E-state index in [1.807, 2.05) is 0 Å². The molecule has 88 valence electrons. The van der Waals surface area contributed by atoms with E-state index in [1.54, 1.807) is 0 Å². The van der Waals surface area contributed by atoms with Gasteiger partial charge < -0.3 is 10.5 Å². The van der Waals surface area contributed by atoms with Gasteiger partial charge in [0.15, 0.2) is 11.6 Å². The molecule has 1 aromatic heterocycles. The highest BCUT2D eigenvalue weighted by molar-refractivity contribution is 6.29. The fourth-order valence-corrected chi connectivity index (χ4v) is 1.31. The van der Waals surface area contributed by atoms with E-state index in [0.29, 0.717) is 0 Å². The average molecular weight is 258 g/mol. The predicted octanol–water partition coefficient (Wildman–Crippen LogP) is 2.78. The lowest BCUT2D eigenvalue weighted by Crippen LogP contribution is -1.97. The van der Waals surface area contributed by atoms with E-state index in [1.165, 1.54) is 12.1 Å². The molecule has 2 N–H and O–H groups in total. The van der Waals surface area contributed by atoms with Gasteiger partial charge in [-0.05, 0) is 12.1 Å². The number of benzene rings is 1. The summed E-state index contributed by atoms with van der Waals surface area (Å²) in [7, 11) is 0. The third-order valence-electron chi connectivity index (χ3n) is 1.80. The zero-order chi connectivity index (χ0) is 12.4. The number of aromatic nitrogens is 2. The molecule has 4 nitrogen and oxygen atoms in total. The monoisotopic (exact) mass is 257 g/mol. The van der Waals surface area contributed by atoms with Crippen LogP contribution >= 0.6 is 11.6 Å². The van der Waals surface area contributed by atoms with E-state index in [0.717, 1.165) is 12.1 Å². The van der Waals surface area contributed by atoms with Crippen LogP contribution in [0, 0.1) is 11.6 Å². The average Bonchev–Trinajstić information content (AvgIpc) is 2.22.